The lowest BCUT2D eigenvalue weighted by atomic mass is 10.2. The molecule has 7 heteroatoms. The maximum atomic E-state index is 12.5. The molecule has 102 valence electrons. The highest BCUT2D eigenvalue weighted by Gasteiger charge is 2.36. The van der Waals surface area contributed by atoms with Gasteiger partial charge in [0, 0.05) is 6.20 Å². The van der Waals surface area contributed by atoms with Crippen LogP contribution in [0.25, 0.3) is 0 Å². The first-order chi connectivity index (χ1) is 8.25. The summed E-state index contributed by atoms with van der Waals surface area (Å²) in [6, 6.07) is -0.473. The number of aryl methyl sites for hydroxylation is 1. The number of alkyl halides is 3. The smallest absolute Gasteiger partial charge is 0.435 e. The fourth-order valence-corrected chi connectivity index (χ4v) is 1.54. The van der Waals surface area contributed by atoms with Crippen LogP contribution in [0.15, 0.2) is 6.20 Å². The zero-order chi connectivity index (χ0) is 13.9. The van der Waals surface area contributed by atoms with Crippen molar-refractivity contribution in [2.24, 2.45) is 0 Å². The molecule has 0 radical (unpaired) electrons. The van der Waals surface area contributed by atoms with E-state index in [1.54, 1.807) is 13.8 Å². The van der Waals surface area contributed by atoms with Crippen LogP contribution in [0.5, 0.6) is 0 Å². The van der Waals surface area contributed by atoms with Crippen molar-refractivity contribution < 1.29 is 22.7 Å². The summed E-state index contributed by atoms with van der Waals surface area (Å²) in [6.45, 7) is 4.87. The fraction of sp³-hybridized carbons (Fsp3) is 0.636. The Balaban J connectivity index is 2.82. The predicted octanol–water partition coefficient (Wildman–Crippen LogP) is 2.72. The quantitative estimate of drug-likeness (QED) is 0.785. The second kappa shape index (κ2) is 5.41. The Labute approximate surface area is 103 Å². The van der Waals surface area contributed by atoms with Crippen molar-refractivity contribution in [3.8, 4) is 0 Å². The molecule has 18 heavy (non-hydrogen) atoms. The third-order valence-electron chi connectivity index (χ3n) is 2.40. The molecular weight excluding hydrogens is 249 g/mol. The SMILES string of the molecule is CCOC(=O)CC(C)n1cc(C)c(C(F)(F)F)n1. The third kappa shape index (κ3) is 3.48. The summed E-state index contributed by atoms with van der Waals surface area (Å²) in [5.74, 6) is -0.452. The normalized spacial score (nSPS) is 13.4. The number of hydrogen-bond donors (Lipinski definition) is 0. The molecule has 0 amide bonds. The van der Waals surface area contributed by atoms with Crippen molar-refractivity contribution >= 4 is 5.97 Å². The summed E-state index contributed by atoms with van der Waals surface area (Å²) < 4.78 is 43.5. The van der Waals surface area contributed by atoms with E-state index in [0.717, 1.165) is 4.68 Å². The number of carbonyl (C=O) groups is 1. The minimum atomic E-state index is -4.47. The predicted molar refractivity (Wildman–Crippen MR) is 57.9 cm³/mol. The number of nitrogens with zero attached hydrogens (tertiary/aromatic N) is 2. The Kier molecular flexibility index (Phi) is 4.37. The van der Waals surface area contributed by atoms with Crippen molar-refractivity contribution in [2.45, 2.75) is 39.4 Å². The van der Waals surface area contributed by atoms with Gasteiger partial charge in [-0.3, -0.25) is 9.48 Å². The van der Waals surface area contributed by atoms with E-state index in [0.29, 0.717) is 0 Å². The van der Waals surface area contributed by atoms with E-state index in [1.807, 2.05) is 0 Å². The van der Waals surface area contributed by atoms with Gasteiger partial charge < -0.3 is 4.74 Å². The maximum absolute atomic E-state index is 12.5. The molecule has 0 aliphatic heterocycles. The number of halogens is 3. The first-order valence-electron chi connectivity index (χ1n) is 5.54. The highest BCUT2D eigenvalue weighted by Crippen LogP contribution is 2.31. The molecule has 0 spiro atoms. The Bertz CT molecular complexity index is 426. The van der Waals surface area contributed by atoms with Crippen LogP contribution < -0.4 is 0 Å². The van der Waals surface area contributed by atoms with Gasteiger partial charge in [0.25, 0.3) is 0 Å². The summed E-state index contributed by atoms with van der Waals surface area (Å²) in [5.41, 5.74) is -0.878. The van der Waals surface area contributed by atoms with E-state index >= 15 is 0 Å². The molecule has 0 aliphatic carbocycles. The monoisotopic (exact) mass is 264 g/mol. The molecule has 0 saturated heterocycles. The highest BCUT2D eigenvalue weighted by molar-refractivity contribution is 5.69. The lowest BCUT2D eigenvalue weighted by Crippen LogP contribution is -2.15. The van der Waals surface area contributed by atoms with Gasteiger partial charge >= 0.3 is 12.1 Å². The molecule has 4 nitrogen and oxygen atoms in total. The summed E-state index contributed by atoms with van der Waals surface area (Å²) in [4.78, 5) is 11.2. The third-order valence-corrected chi connectivity index (χ3v) is 2.40. The Morgan fingerprint density at radius 2 is 2.17 bits per heavy atom. The largest absolute Gasteiger partial charge is 0.466 e. The Morgan fingerprint density at radius 3 is 2.61 bits per heavy atom. The molecule has 1 rings (SSSR count). The summed E-state index contributed by atoms with van der Waals surface area (Å²) in [5, 5.41) is 3.48. The zero-order valence-corrected chi connectivity index (χ0v) is 10.4. The number of hydrogen-bond acceptors (Lipinski definition) is 3. The van der Waals surface area contributed by atoms with Gasteiger partial charge in [0.15, 0.2) is 5.69 Å². The molecule has 1 heterocycles. The lowest BCUT2D eigenvalue weighted by molar-refractivity contribution is -0.144. The Hall–Kier alpha value is -1.53. The van der Waals surface area contributed by atoms with Gasteiger partial charge in [-0.25, -0.2) is 0 Å². The van der Waals surface area contributed by atoms with Gasteiger partial charge in [-0.2, -0.15) is 18.3 Å². The van der Waals surface area contributed by atoms with Crippen LogP contribution in [0.1, 0.15) is 37.6 Å². The van der Waals surface area contributed by atoms with Crippen LogP contribution in [-0.2, 0) is 15.7 Å². The molecule has 0 N–H and O–H groups in total. The highest BCUT2D eigenvalue weighted by atomic mass is 19.4. The van der Waals surface area contributed by atoms with Crippen LogP contribution >= 0.6 is 0 Å². The molecule has 1 atom stereocenters. The molecule has 0 saturated carbocycles. The van der Waals surface area contributed by atoms with Crippen molar-refractivity contribution in [3.05, 3.63) is 17.5 Å². The van der Waals surface area contributed by atoms with E-state index in [2.05, 4.69) is 5.10 Å². The van der Waals surface area contributed by atoms with Gasteiger partial charge in [0.2, 0.25) is 0 Å². The molecular formula is C11H15F3N2O2. The van der Waals surface area contributed by atoms with Gasteiger partial charge in [0.05, 0.1) is 19.1 Å². The van der Waals surface area contributed by atoms with Crippen molar-refractivity contribution in [1.29, 1.82) is 0 Å². The van der Waals surface area contributed by atoms with E-state index in [4.69, 9.17) is 4.74 Å². The number of rotatable bonds is 4. The molecule has 1 aromatic rings. The van der Waals surface area contributed by atoms with Crippen molar-refractivity contribution in [1.82, 2.24) is 9.78 Å². The van der Waals surface area contributed by atoms with E-state index in [1.165, 1.54) is 13.1 Å². The number of aromatic nitrogens is 2. The maximum Gasteiger partial charge on any atom is 0.435 e. The van der Waals surface area contributed by atoms with E-state index in [9.17, 15) is 18.0 Å². The number of ether oxygens (including phenoxy) is 1. The first kappa shape index (κ1) is 14.5. The van der Waals surface area contributed by atoms with E-state index in [-0.39, 0.29) is 18.6 Å². The Morgan fingerprint density at radius 1 is 1.56 bits per heavy atom. The number of esters is 1. The van der Waals surface area contributed by atoms with Crippen LogP contribution in [0, 0.1) is 6.92 Å². The van der Waals surface area contributed by atoms with E-state index < -0.39 is 23.9 Å². The average molecular weight is 264 g/mol. The summed E-state index contributed by atoms with van der Waals surface area (Å²) in [7, 11) is 0. The van der Waals surface area contributed by atoms with Crippen LogP contribution in [0.4, 0.5) is 13.2 Å². The molecule has 0 aromatic carbocycles. The second-order valence-electron chi connectivity index (χ2n) is 4.00. The second-order valence-corrected chi connectivity index (χ2v) is 4.00. The lowest BCUT2D eigenvalue weighted by Gasteiger charge is -2.11. The average Bonchev–Trinajstić information content (AvgIpc) is 2.60. The summed E-state index contributed by atoms with van der Waals surface area (Å²) >= 11 is 0. The fourth-order valence-electron chi connectivity index (χ4n) is 1.54. The molecule has 1 aromatic heterocycles. The first-order valence-corrected chi connectivity index (χ1v) is 5.54. The van der Waals surface area contributed by atoms with Gasteiger partial charge in [-0.05, 0) is 26.3 Å². The molecule has 0 fully saturated rings. The van der Waals surface area contributed by atoms with Gasteiger partial charge in [-0.15, -0.1) is 0 Å². The molecule has 1 unspecified atom stereocenters. The topological polar surface area (TPSA) is 44.1 Å². The van der Waals surface area contributed by atoms with Crippen LogP contribution in [-0.4, -0.2) is 22.4 Å². The van der Waals surface area contributed by atoms with Crippen LogP contribution in [0.3, 0.4) is 0 Å². The van der Waals surface area contributed by atoms with Crippen LogP contribution in [0.2, 0.25) is 0 Å². The van der Waals surface area contributed by atoms with Gasteiger partial charge in [-0.1, -0.05) is 0 Å². The van der Waals surface area contributed by atoms with Gasteiger partial charge in [0.1, 0.15) is 0 Å². The number of carbonyl (C=O) groups excluding carboxylic acids is 1. The molecule has 0 bridgehead atoms. The zero-order valence-electron chi connectivity index (χ0n) is 10.4. The minimum Gasteiger partial charge on any atom is -0.466 e. The minimum absolute atomic E-state index is 0.00768. The van der Waals surface area contributed by atoms with Crippen molar-refractivity contribution in [3.63, 3.8) is 0 Å². The standard InChI is InChI=1S/C11H15F3N2O2/c1-4-18-9(17)5-8(3)16-6-7(2)10(15-16)11(12,13)14/h6,8H,4-5H2,1-3H3. The summed E-state index contributed by atoms with van der Waals surface area (Å²) in [6.07, 6.45) is -3.20. The molecule has 0 aliphatic rings. The van der Waals surface area contributed by atoms with Crippen molar-refractivity contribution in [2.75, 3.05) is 6.61 Å².